The number of carbonyl (C=O) groups excluding carboxylic acids is 2. The smallest absolute Gasteiger partial charge is 0.256 e. The van der Waals surface area contributed by atoms with Gasteiger partial charge in [-0.05, 0) is 26.2 Å². The number of anilines is 1. The van der Waals surface area contributed by atoms with E-state index in [9.17, 15) is 18.0 Å². The molecule has 3 aromatic rings. The fourth-order valence-corrected chi connectivity index (χ4v) is 5.57. The number of aromatic nitrogens is 1. The average molecular weight is 606 g/mol. The van der Waals surface area contributed by atoms with Gasteiger partial charge in [0.1, 0.15) is 6.04 Å². The van der Waals surface area contributed by atoms with Gasteiger partial charge in [-0.3, -0.25) is 9.59 Å². The maximum Gasteiger partial charge on any atom is 0.256 e. The summed E-state index contributed by atoms with van der Waals surface area (Å²) in [6, 6.07) is 14.5. The Kier molecular flexibility index (Phi) is 12.0. The van der Waals surface area contributed by atoms with Crippen LogP contribution < -0.4 is 10.0 Å². The Balaban J connectivity index is 0.00000560. The molecule has 0 aliphatic heterocycles. The first-order valence-corrected chi connectivity index (χ1v) is 14.5. The zero-order chi connectivity index (χ0) is 28.7. The standard InChI is InChI=1S/C29H37N4O5S.Cr/c1-7-8-13-26(34)33(27(19(2)3)28(35)30-6)18-22-14-16-23(17-15-22)24-11-9-10-12-25(24)39(36,37)32-29-20(4)21(5)31-38-29;/h9-12,14-16,19,27,32H,7-8,13,18H2,1-6H3,(H,30,35);/q-1;. The maximum absolute atomic E-state index is 13.3. The van der Waals surface area contributed by atoms with Gasteiger partial charge in [-0.1, -0.05) is 62.2 Å². The van der Waals surface area contributed by atoms with E-state index < -0.39 is 16.1 Å². The number of amides is 2. The van der Waals surface area contributed by atoms with E-state index in [0.29, 0.717) is 28.8 Å². The number of carbonyl (C=O) groups is 2. The van der Waals surface area contributed by atoms with Crippen LogP contribution in [-0.4, -0.2) is 43.4 Å². The van der Waals surface area contributed by atoms with Gasteiger partial charge in [0.25, 0.3) is 10.0 Å². The van der Waals surface area contributed by atoms with Gasteiger partial charge >= 0.3 is 0 Å². The molecular weight excluding hydrogens is 568 g/mol. The molecule has 0 saturated heterocycles. The number of unbranched alkanes of at least 4 members (excludes halogenated alkanes) is 1. The number of rotatable bonds is 12. The van der Waals surface area contributed by atoms with E-state index in [0.717, 1.165) is 18.4 Å². The monoisotopic (exact) mass is 605 g/mol. The number of sulfonamides is 1. The van der Waals surface area contributed by atoms with Crippen molar-refractivity contribution >= 4 is 27.7 Å². The number of nitrogens with one attached hydrogen (secondary N) is 2. The second-order valence-corrected chi connectivity index (χ2v) is 11.5. The van der Waals surface area contributed by atoms with Crippen LogP contribution in [0.1, 0.15) is 56.9 Å². The Labute approximate surface area is 247 Å². The SMILES string of the molecule is CCCCC(=O)N(Cc1c[c-]c(-c2ccccc2S(=O)(=O)Nc2onc(C)c2C)cc1)C(C(=O)NC)C(C)C.[Cr]. The Morgan fingerprint density at radius 1 is 1.12 bits per heavy atom. The van der Waals surface area contributed by atoms with Gasteiger partial charge in [0.05, 0.1) is 10.6 Å². The van der Waals surface area contributed by atoms with E-state index in [-0.39, 0.29) is 52.4 Å². The molecule has 1 atom stereocenters. The predicted molar refractivity (Wildman–Crippen MR) is 150 cm³/mol. The third-order valence-corrected chi connectivity index (χ3v) is 8.02. The van der Waals surface area contributed by atoms with Gasteiger partial charge in [-0.15, -0.1) is 35.4 Å². The van der Waals surface area contributed by atoms with E-state index in [1.807, 2.05) is 26.8 Å². The van der Waals surface area contributed by atoms with E-state index in [1.54, 1.807) is 56.1 Å². The zero-order valence-corrected chi connectivity index (χ0v) is 25.9. The summed E-state index contributed by atoms with van der Waals surface area (Å²) in [6.07, 6.45) is 1.98. The normalized spacial score (nSPS) is 12.0. The van der Waals surface area contributed by atoms with Crippen LogP contribution in [0.2, 0.25) is 0 Å². The number of hydrogen-bond acceptors (Lipinski definition) is 6. The van der Waals surface area contributed by atoms with Crippen molar-refractivity contribution in [3.8, 4) is 11.1 Å². The van der Waals surface area contributed by atoms with Crippen molar-refractivity contribution in [2.45, 2.75) is 71.4 Å². The Hall–Kier alpha value is -3.13. The molecule has 0 bridgehead atoms. The molecule has 0 spiro atoms. The fraction of sp³-hybridized carbons (Fsp3) is 0.414. The van der Waals surface area contributed by atoms with Gasteiger partial charge < -0.3 is 14.7 Å². The molecule has 0 aliphatic carbocycles. The molecule has 40 heavy (non-hydrogen) atoms. The topological polar surface area (TPSA) is 122 Å². The molecule has 2 amide bonds. The van der Waals surface area contributed by atoms with Crippen LogP contribution in [0.25, 0.3) is 11.1 Å². The summed E-state index contributed by atoms with van der Waals surface area (Å²) in [4.78, 5) is 27.5. The molecule has 216 valence electrons. The minimum atomic E-state index is -3.98. The minimum Gasteiger partial charge on any atom is -0.357 e. The van der Waals surface area contributed by atoms with Crippen LogP contribution >= 0.6 is 0 Å². The predicted octanol–water partition coefficient (Wildman–Crippen LogP) is 4.85. The Morgan fingerprint density at radius 2 is 1.82 bits per heavy atom. The summed E-state index contributed by atoms with van der Waals surface area (Å²) in [5.41, 5.74) is 3.03. The molecular formula is C29H37CrN4O5S-. The van der Waals surface area contributed by atoms with Crippen LogP contribution in [0.3, 0.4) is 0 Å². The molecule has 0 saturated carbocycles. The van der Waals surface area contributed by atoms with Gasteiger partial charge in [0.15, 0.2) is 0 Å². The summed E-state index contributed by atoms with van der Waals surface area (Å²) in [5.74, 6) is -0.298. The van der Waals surface area contributed by atoms with Crippen LogP contribution in [0, 0.1) is 25.8 Å². The van der Waals surface area contributed by atoms with E-state index in [1.165, 1.54) is 6.07 Å². The van der Waals surface area contributed by atoms with Crippen molar-refractivity contribution < 1.29 is 39.9 Å². The van der Waals surface area contributed by atoms with Gasteiger partial charge in [-0.2, -0.15) is 0 Å². The molecule has 1 unspecified atom stereocenters. The number of nitrogens with zero attached hydrogens (tertiary/aromatic N) is 2. The van der Waals surface area contributed by atoms with Gasteiger partial charge in [0.2, 0.25) is 17.7 Å². The zero-order valence-electron chi connectivity index (χ0n) is 23.8. The van der Waals surface area contributed by atoms with Crippen molar-refractivity contribution in [1.29, 1.82) is 0 Å². The first kappa shape index (κ1) is 33.1. The molecule has 0 fully saturated rings. The third kappa shape index (κ3) is 7.75. The molecule has 3 rings (SSSR count). The largest absolute Gasteiger partial charge is 0.357 e. The summed E-state index contributed by atoms with van der Waals surface area (Å²) < 4.78 is 34.2. The second-order valence-electron chi connectivity index (χ2n) is 9.86. The Bertz CT molecular complexity index is 1400. The molecule has 1 aromatic heterocycles. The van der Waals surface area contributed by atoms with Crippen LogP contribution in [0.5, 0.6) is 0 Å². The summed E-state index contributed by atoms with van der Waals surface area (Å²) in [5, 5.41) is 6.50. The Morgan fingerprint density at radius 3 is 2.38 bits per heavy atom. The molecule has 2 N–H and O–H groups in total. The third-order valence-electron chi connectivity index (χ3n) is 6.63. The molecule has 0 radical (unpaired) electrons. The van der Waals surface area contributed by atoms with E-state index in [2.05, 4.69) is 21.3 Å². The summed E-state index contributed by atoms with van der Waals surface area (Å²) in [6.45, 7) is 9.56. The van der Waals surface area contributed by atoms with Crippen molar-refractivity contribution in [3.05, 3.63) is 65.4 Å². The van der Waals surface area contributed by atoms with E-state index in [4.69, 9.17) is 4.52 Å². The minimum absolute atomic E-state index is 0. The quantitative estimate of drug-likeness (QED) is 0.285. The van der Waals surface area contributed by atoms with Crippen molar-refractivity contribution in [3.63, 3.8) is 0 Å². The van der Waals surface area contributed by atoms with Gasteiger partial charge in [0, 0.05) is 42.9 Å². The molecule has 11 heteroatoms. The molecule has 0 aliphatic rings. The van der Waals surface area contributed by atoms with Crippen LogP contribution in [0.4, 0.5) is 5.88 Å². The van der Waals surface area contributed by atoms with Crippen molar-refractivity contribution in [2.75, 3.05) is 11.8 Å². The summed E-state index contributed by atoms with van der Waals surface area (Å²) >= 11 is 0. The fourth-order valence-electron chi connectivity index (χ4n) is 4.30. The molecule has 1 heterocycles. The average Bonchev–Trinajstić information content (AvgIpc) is 3.23. The van der Waals surface area contributed by atoms with Crippen LogP contribution in [0.15, 0.2) is 51.9 Å². The maximum atomic E-state index is 13.3. The number of hydrogen-bond donors (Lipinski definition) is 2. The van der Waals surface area contributed by atoms with Crippen LogP contribution in [-0.2, 0) is 43.5 Å². The van der Waals surface area contributed by atoms with Crippen molar-refractivity contribution in [1.82, 2.24) is 15.4 Å². The first-order chi connectivity index (χ1) is 18.5. The molecule has 2 aromatic carbocycles. The first-order valence-electron chi connectivity index (χ1n) is 13.1. The van der Waals surface area contributed by atoms with Crippen molar-refractivity contribution in [2.24, 2.45) is 5.92 Å². The number of benzene rings is 2. The summed E-state index contributed by atoms with van der Waals surface area (Å²) in [7, 11) is -2.42. The second kappa shape index (κ2) is 14.5. The number of likely N-dealkylation sites (N-methyl/N-ethyl adjacent to an activating group) is 1. The van der Waals surface area contributed by atoms with E-state index >= 15 is 0 Å². The number of aryl methyl sites for hydroxylation is 1. The molecule has 9 nitrogen and oxygen atoms in total. The van der Waals surface area contributed by atoms with Gasteiger partial charge in [-0.25, -0.2) is 13.1 Å².